The highest BCUT2D eigenvalue weighted by Crippen LogP contribution is 2.13. The van der Waals surface area contributed by atoms with Crippen molar-refractivity contribution in [2.45, 2.75) is 18.6 Å². The van der Waals surface area contributed by atoms with Crippen molar-refractivity contribution in [2.24, 2.45) is 0 Å². The molecule has 0 aromatic carbocycles. The number of carbonyl (C=O) groups excluding carboxylic acids is 1. The van der Waals surface area contributed by atoms with Crippen LogP contribution in [0.4, 0.5) is 4.39 Å². The van der Waals surface area contributed by atoms with Crippen molar-refractivity contribution in [3.05, 3.63) is 0 Å². The zero-order valence-electron chi connectivity index (χ0n) is 10.3. The largest absolute Gasteiger partial charge is 0.395 e. The first-order chi connectivity index (χ1) is 8.20. The SMILES string of the molecule is Cl.O=C([C@H]1C[C@H](F)CN1)N1CCN(CCO)CC1. The maximum Gasteiger partial charge on any atom is 0.239 e. The molecule has 2 aliphatic heterocycles. The molecule has 0 unspecified atom stereocenters. The van der Waals surface area contributed by atoms with E-state index < -0.39 is 6.17 Å². The van der Waals surface area contributed by atoms with Crippen LogP contribution >= 0.6 is 12.4 Å². The predicted octanol–water partition coefficient (Wildman–Crippen LogP) is -0.755. The summed E-state index contributed by atoms with van der Waals surface area (Å²) in [5, 5.41) is 11.7. The van der Waals surface area contributed by atoms with E-state index in [1.165, 1.54) is 0 Å². The van der Waals surface area contributed by atoms with Crippen molar-refractivity contribution in [1.29, 1.82) is 0 Å². The first-order valence-electron chi connectivity index (χ1n) is 6.20. The summed E-state index contributed by atoms with van der Waals surface area (Å²) in [5.74, 6) is 0.0220. The van der Waals surface area contributed by atoms with E-state index >= 15 is 0 Å². The molecule has 0 aromatic heterocycles. The van der Waals surface area contributed by atoms with Crippen LogP contribution in [0.2, 0.25) is 0 Å². The molecule has 0 aliphatic carbocycles. The third-order valence-electron chi connectivity index (χ3n) is 3.48. The fourth-order valence-electron chi connectivity index (χ4n) is 2.43. The van der Waals surface area contributed by atoms with E-state index in [0.29, 0.717) is 32.6 Å². The second kappa shape index (κ2) is 7.23. The molecule has 2 aliphatic rings. The molecule has 2 heterocycles. The summed E-state index contributed by atoms with van der Waals surface area (Å²) < 4.78 is 13.0. The number of carbonyl (C=O) groups is 1. The predicted molar refractivity (Wildman–Crippen MR) is 68.7 cm³/mol. The van der Waals surface area contributed by atoms with Crippen molar-refractivity contribution in [3.63, 3.8) is 0 Å². The molecule has 2 N–H and O–H groups in total. The Morgan fingerprint density at radius 1 is 1.33 bits per heavy atom. The standard InChI is InChI=1S/C11H20FN3O2.ClH/c12-9-7-10(13-8-9)11(17)15-3-1-14(2-4-15)5-6-16;/h9-10,13,16H,1-8H2;1H/t9-,10+;/m0./s1. The lowest BCUT2D eigenvalue weighted by Gasteiger charge is -2.35. The second-order valence-electron chi connectivity index (χ2n) is 4.68. The van der Waals surface area contributed by atoms with Gasteiger partial charge in [0.25, 0.3) is 0 Å². The third-order valence-corrected chi connectivity index (χ3v) is 3.48. The molecule has 106 valence electrons. The van der Waals surface area contributed by atoms with Crippen LogP contribution in [0.5, 0.6) is 0 Å². The summed E-state index contributed by atoms with van der Waals surface area (Å²) in [4.78, 5) is 16.0. The maximum atomic E-state index is 13.0. The van der Waals surface area contributed by atoms with E-state index in [-0.39, 0.29) is 31.0 Å². The van der Waals surface area contributed by atoms with Crippen LogP contribution in [0.1, 0.15) is 6.42 Å². The van der Waals surface area contributed by atoms with Crippen molar-refractivity contribution in [2.75, 3.05) is 45.9 Å². The van der Waals surface area contributed by atoms with Crippen molar-refractivity contribution in [1.82, 2.24) is 15.1 Å². The van der Waals surface area contributed by atoms with Gasteiger partial charge in [-0.25, -0.2) is 4.39 Å². The zero-order chi connectivity index (χ0) is 12.3. The minimum atomic E-state index is -0.889. The van der Waals surface area contributed by atoms with Gasteiger partial charge in [-0.05, 0) is 0 Å². The van der Waals surface area contributed by atoms with Gasteiger partial charge >= 0.3 is 0 Å². The Morgan fingerprint density at radius 2 is 2.00 bits per heavy atom. The molecule has 0 saturated carbocycles. The van der Waals surface area contributed by atoms with E-state index in [4.69, 9.17) is 5.11 Å². The number of piperazine rings is 1. The van der Waals surface area contributed by atoms with Crippen molar-refractivity contribution >= 4 is 18.3 Å². The molecule has 18 heavy (non-hydrogen) atoms. The Hall–Kier alpha value is -0.430. The van der Waals surface area contributed by atoms with E-state index in [0.717, 1.165) is 13.1 Å². The lowest BCUT2D eigenvalue weighted by Crippen LogP contribution is -2.53. The molecular weight excluding hydrogens is 261 g/mol. The van der Waals surface area contributed by atoms with Crippen LogP contribution in [-0.4, -0.2) is 78.9 Å². The van der Waals surface area contributed by atoms with E-state index in [2.05, 4.69) is 10.2 Å². The van der Waals surface area contributed by atoms with Crippen molar-refractivity contribution < 1.29 is 14.3 Å². The Balaban J connectivity index is 0.00000162. The Kier molecular flexibility index (Phi) is 6.28. The van der Waals surface area contributed by atoms with Gasteiger partial charge in [0.2, 0.25) is 5.91 Å². The summed E-state index contributed by atoms with van der Waals surface area (Å²) in [7, 11) is 0. The Labute approximate surface area is 113 Å². The molecule has 1 amide bonds. The molecule has 2 saturated heterocycles. The van der Waals surface area contributed by atoms with Gasteiger partial charge in [-0.1, -0.05) is 0 Å². The number of hydrogen-bond acceptors (Lipinski definition) is 4. The van der Waals surface area contributed by atoms with Crippen LogP contribution in [0.15, 0.2) is 0 Å². The summed E-state index contributed by atoms with van der Waals surface area (Å²) in [6.45, 7) is 4.04. The average molecular weight is 282 g/mol. The highest BCUT2D eigenvalue weighted by atomic mass is 35.5. The van der Waals surface area contributed by atoms with Gasteiger partial charge in [0.05, 0.1) is 12.6 Å². The number of nitrogens with zero attached hydrogens (tertiary/aromatic N) is 2. The van der Waals surface area contributed by atoms with Gasteiger partial charge in [0.1, 0.15) is 6.17 Å². The van der Waals surface area contributed by atoms with E-state index in [9.17, 15) is 9.18 Å². The van der Waals surface area contributed by atoms with Crippen LogP contribution in [0, 0.1) is 0 Å². The average Bonchev–Trinajstić information content (AvgIpc) is 2.76. The monoisotopic (exact) mass is 281 g/mol. The number of halogens is 2. The maximum absolute atomic E-state index is 13.0. The number of alkyl halides is 1. The molecular formula is C11H21ClFN3O2. The molecule has 0 spiro atoms. The normalized spacial score (nSPS) is 29.1. The molecule has 2 fully saturated rings. The molecule has 0 aromatic rings. The lowest BCUT2D eigenvalue weighted by atomic mass is 10.1. The van der Waals surface area contributed by atoms with Crippen LogP contribution in [0.3, 0.4) is 0 Å². The minimum absolute atomic E-state index is 0. The highest BCUT2D eigenvalue weighted by molar-refractivity contribution is 5.85. The molecule has 2 rings (SSSR count). The first kappa shape index (κ1) is 15.6. The number of aliphatic hydroxyl groups excluding tert-OH is 1. The summed E-state index contributed by atoms with van der Waals surface area (Å²) >= 11 is 0. The van der Waals surface area contributed by atoms with E-state index in [1.54, 1.807) is 4.90 Å². The van der Waals surface area contributed by atoms with Crippen LogP contribution in [0.25, 0.3) is 0 Å². The molecule has 0 bridgehead atoms. The van der Waals surface area contributed by atoms with Crippen LogP contribution in [-0.2, 0) is 4.79 Å². The first-order valence-corrected chi connectivity index (χ1v) is 6.20. The topological polar surface area (TPSA) is 55.8 Å². The Bertz CT molecular complexity index is 275. The van der Waals surface area contributed by atoms with Gasteiger partial charge < -0.3 is 15.3 Å². The van der Waals surface area contributed by atoms with E-state index in [1.807, 2.05) is 0 Å². The van der Waals surface area contributed by atoms with Crippen LogP contribution < -0.4 is 5.32 Å². The number of aliphatic hydroxyl groups is 1. The van der Waals surface area contributed by atoms with Gasteiger partial charge in [0, 0.05) is 45.7 Å². The quantitative estimate of drug-likeness (QED) is 0.714. The zero-order valence-corrected chi connectivity index (χ0v) is 11.2. The minimum Gasteiger partial charge on any atom is -0.395 e. The van der Waals surface area contributed by atoms with Gasteiger partial charge in [0.15, 0.2) is 0 Å². The Morgan fingerprint density at radius 3 is 2.50 bits per heavy atom. The third kappa shape index (κ3) is 3.78. The van der Waals surface area contributed by atoms with Gasteiger partial charge in [-0.3, -0.25) is 9.69 Å². The molecule has 7 heteroatoms. The number of hydrogen-bond donors (Lipinski definition) is 2. The number of amides is 1. The fraction of sp³-hybridized carbons (Fsp3) is 0.909. The molecule has 0 radical (unpaired) electrons. The fourth-order valence-corrected chi connectivity index (χ4v) is 2.43. The molecule has 2 atom stereocenters. The lowest BCUT2D eigenvalue weighted by molar-refractivity contribution is -0.135. The highest BCUT2D eigenvalue weighted by Gasteiger charge is 2.33. The number of β-amino-alcohol motifs (C(OH)–C–C–N with tert-alkyl or cyclic N) is 1. The van der Waals surface area contributed by atoms with Gasteiger partial charge in [-0.2, -0.15) is 0 Å². The molecule has 5 nitrogen and oxygen atoms in total. The second-order valence-corrected chi connectivity index (χ2v) is 4.68. The van der Waals surface area contributed by atoms with Gasteiger partial charge in [-0.15, -0.1) is 12.4 Å². The summed E-state index contributed by atoms with van der Waals surface area (Å²) in [6.07, 6.45) is -0.588. The smallest absolute Gasteiger partial charge is 0.239 e. The summed E-state index contributed by atoms with van der Waals surface area (Å²) in [6, 6.07) is -0.339. The summed E-state index contributed by atoms with van der Waals surface area (Å²) in [5.41, 5.74) is 0. The number of rotatable bonds is 3. The van der Waals surface area contributed by atoms with Crippen molar-refractivity contribution in [3.8, 4) is 0 Å². The number of nitrogens with one attached hydrogen (secondary N) is 1.